The summed E-state index contributed by atoms with van der Waals surface area (Å²) in [7, 11) is 0. The molecule has 6 heteroatoms. The number of nitro benzene ring substituents is 1. The van der Waals surface area contributed by atoms with E-state index in [0.717, 1.165) is 5.56 Å². The van der Waals surface area contributed by atoms with Crippen molar-refractivity contribution in [1.82, 2.24) is 5.43 Å². The van der Waals surface area contributed by atoms with Crippen LogP contribution in [0.1, 0.15) is 16.7 Å². The summed E-state index contributed by atoms with van der Waals surface area (Å²) in [6, 6.07) is 12.5. The van der Waals surface area contributed by atoms with Crippen molar-refractivity contribution in [2.45, 2.75) is 13.5 Å². The second-order valence-corrected chi connectivity index (χ2v) is 4.89. The Balaban J connectivity index is 2.00. The number of nitrogens with one attached hydrogen (secondary N) is 1. The van der Waals surface area contributed by atoms with Crippen LogP contribution < -0.4 is 5.43 Å². The molecule has 21 heavy (non-hydrogen) atoms. The summed E-state index contributed by atoms with van der Waals surface area (Å²) in [6.45, 7) is 2.19. The third kappa shape index (κ3) is 4.03. The van der Waals surface area contributed by atoms with Gasteiger partial charge in [0.1, 0.15) is 0 Å². The monoisotopic (exact) mass is 303 g/mol. The standard InChI is InChI=1S/C15H14ClN3O2/c1-11-6-7-12(8-15(11)19(20)21)9-17-18-10-13-4-2-3-5-14(13)16/h2-9,18H,10H2,1H3/b17-9-. The van der Waals surface area contributed by atoms with Crippen LogP contribution in [0.5, 0.6) is 0 Å². The zero-order valence-corrected chi connectivity index (χ0v) is 12.2. The number of rotatable bonds is 5. The second-order valence-electron chi connectivity index (χ2n) is 4.49. The molecule has 108 valence electrons. The fourth-order valence-electron chi connectivity index (χ4n) is 1.80. The van der Waals surface area contributed by atoms with Crippen molar-refractivity contribution in [1.29, 1.82) is 0 Å². The van der Waals surface area contributed by atoms with Gasteiger partial charge in [-0.1, -0.05) is 41.9 Å². The molecule has 0 aliphatic rings. The van der Waals surface area contributed by atoms with Gasteiger partial charge in [0.15, 0.2) is 0 Å². The number of aryl methyl sites for hydroxylation is 1. The minimum atomic E-state index is -0.399. The van der Waals surface area contributed by atoms with E-state index in [-0.39, 0.29) is 5.69 Å². The van der Waals surface area contributed by atoms with E-state index in [1.54, 1.807) is 25.3 Å². The Hall–Kier alpha value is -2.40. The summed E-state index contributed by atoms with van der Waals surface area (Å²) < 4.78 is 0. The molecule has 0 atom stereocenters. The van der Waals surface area contributed by atoms with Gasteiger partial charge in [0.25, 0.3) is 5.69 Å². The average Bonchev–Trinajstić information content (AvgIpc) is 2.46. The Bertz CT molecular complexity index is 686. The predicted molar refractivity (Wildman–Crippen MR) is 83.7 cm³/mol. The lowest BCUT2D eigenvalue weighted by Crippen LogP contribution is -2.06. The molecular formula is C15H14ClN3O2. The number of hydrogen-bond donors (Lipinski definition) is 1. The van der Waals surface area contributed by atoms with Gasteiger partial charge < -0.3 is 5.43 Å². The fourth-order valence-corrected chi connectivity index (χ4v) is 2.00. The molecule has 0 aliphatic heterocycles. The lowest BCUT2D eigenvalue weighted by Gasteiger charge is -2.03. The van der Waals surface area contributed by atoms with Crippen molar-refractivity contribution in [3.8, 4) is 0 Å². The maximum atomic E-state index is 10.9. The lowest BCUT2D eigenvalue weighted by atomic mass is 10.1. The third-order valence-electron chi connectivity index (χ3n) is 2.96. The highest BCUT2D eigenvalue weighted by Gasteiger charge is 2.09. The fraction of sp³-hybridized carbons (Fsp3) is 0.133. The van der Waals surface area contributed by atoms with Gasteiger partial charge >= 0.3 is 0 Å². The number of hydrazone groups is 1. The molecule has 0 heterocycles. The first kappa shape index (κ1) is 15.0. The van der Waals surface area contributed by atoms with Crippen LogP contribution in [-0.2, 0) is 6.54 Å². The van der Waals surface area contributed by atoms with Crippen molar-refractivity contribution in [3.05, 3.63) is 74.3 Å². The van der Waals surface area contributed by atoms with Crippen LogP contribution in [-0.4, -0.2) is 11.1 Å². The van der Waals surface area contributed by atoms with Crippen molar-refractivity contribution in [3.63, 3.8) is 0 Å². The van der Waals surface area contributed by atoms with Crippen LogP contribution in [0.4, 0.5) is 5.69 Å². The van der Waals surface area contributed by atoms with Crippen molar-refractivity contribution in [2.24, 2.45) is 5.10 Å². The normalized spacial score (nSPS) is 10.8. The van der Waals surface area contributed by atoms with Crippen LogP contribution in [0.25, 0.3) is 0 Å². The predicted octanol–water partition coefficient (Wildman–Crippen LogP) is 3.68. The van der Waals surface area contributed by atoms with E-state index in [4.69, 9.17) is 11.6 Å². The molecular weight excluding hydrogens is 290 g/mol. The van der Waals surface area contributed by atoms with Gasteiger partial charge in [-0.3, -0.25) is 10.1 Å². The molecule has 0 aliphatic carbocycles. The van der Waals surface area contributed by atoms with Gasteiger partial charge in [0.05, 0.1) is 17.7 Å². The number of nitrogens with zero attached hydrogens (tertiary/aromatic N) is 2. The highest BCUT2D eigenvalue weighted by molar-refractivity contribution is 6.31. The van der Waals surface area contributed by atoms with Crippen LogP contribution in [0.3, 0.4) is 0 Å². The van der Waals surface area contributed by atoms with E-state index >= 15 is 0 Å². The Morgan fingerprint density at radius 2 is 2.10 bits per heavy atom. The quantitative estimate of drug-likeness (QED) is 0.520. The Kier molecular flexibility index (Phi) is 4.90. The maximum Gasteiger partial charge on any atom is 0.272 e. The highest BCUT2D eigenvalue weighted by atomic mass is 35.5. The van der Waals surface area contributed by atoms with Gasteiger partial charge in [-0.2, -0.15) is 5.10 Å². The van der Waals surface area contributed by atoms with Crippen LogP contribution in [0.15, 0.2) is 47.6 Å². The van der Waals surface area contributed by atoms with Crippen molar-refractivity contribution in [2.75, 3.05) is 0 Å². The molecule has 0 spiro atoms. The summed E-state index contributed by atoms with van der Waals surface area (Å²) >= 11 is 6.03. The molecule has 2 aromatic carbocycles. The minimum Gasteiger partial charge on any atom is -0.306 e. The number of hydrogen-bond acceptors (Lipinski definition) is 4. The Labute approximate surface area is 127 Å². The summed E-state index contributed by atoms with van der Waals surface area (Å²) in [5.74, 6) is 0. The number of nitro groups is 1. The van der Waals surface area contributed by atoms with Gasteiger partial charge in [0.2, 0.25) is 0 Å². The van der Waals surface area contributed by atoms with E-state index in [9.17, 15) is 10.1 Å². The first-order chi connectivity index (χ1) is 10.1. The third-order valence-corrected chi connectivity index (χ3v) is 3.33. The van der Waals surface area contributed by atoms with E-state index in [1.807, 2.05) is 24.3 Å². The average molecular weight is 304 g/mol. The molecule has 0 unspecified atom stereocenters. The minimum absolute atomic E-state index is 0.0880. The number of benzene rings is 2. The highest BCUT2D eigenvalue weighted by Crippen LogP contribution is 2.18. The molecule has 2 rings (SSSR count). The Morgan fingerprint density at radius 3 is 2.81 bits per heavy atom. The molecule has 1 N–H and O–H groups in total. The van der Waals surface area contributed by atoms with Crippen molar-refractivity contribution >= 4 is 23.5 Å². The molecule has 0 amide bonds. The van der Waals surface area contributed by atoms with Gasteiger partial charge in [-0.25, -0.2) is 0 Å². The van der Waals surface area contributed by atoms with Crippen LogP contribution >= 0.6 is 11.6 Å². The second kappa shape index (κ2) is 6.85. The Morgan fingerprint density at radius 1 is 1.33 bits per heavy atom. The van der Waals surface area contributed by atoms with E-state index < -0.39 is 4.92 Å². The first-order valence-corrected chi connectivity index (χ1v) is 6.70. The van der Waals surface area contributed by atoms with Gasteiger partial charge in [0, 0.05) is 22.2 Å². The van der Waals surface area contributed by atoms with E-state index in [1.165, 1.54) is 6.07 Å². The van der Waals surface area contributed by atoms with Crippen LogP contribution in [0, 0.1) is 17.0 Å². The van der Waals surface area contributed by atoms with Crippen molar-refractivity contribution < 1.29 is 4.92 Å². The first-order valence-electron chi connectivity index (χ1n) is 6.32. The summed E-state index contributed by atoms with van der Waals surface area (Å²) in [5.41, 5.74) is 5.19. The zero-order valence-electron chi connectivity index (χ0n) is 11.4. The largest absolute Gasteiger partial charge is 0.306 e. The molecule has 5 nitrogen and oxygen atoms in total. The summed E-state index contributed by atoms with van der Waals surface area (Å²) in [5, 5.41) is 15.6. The molecule has 2 aromatic rings. The smallest absolute Gasteiger partial charge is 0.272 e. The SMILES string of the molecule is Cc1ccc(/C=N\NCc2ccccc2Cl)cc1[N+](=O)[O-]. The lowest BCUT2D eigenvalue weighted by molar-refractivity contribution is -0.385. The molecule has 0 saturated carbocycles. The zero-order chi connectivity index (χ0) is 15.2. The van der Waals surface area contributed by atoms with E-state index in [0.29, 0.717) is 22.7 Å². The summed E-state index contributed by atoms with van der Waals surface area (Å²) in [6.07, 6.45) is 1.54. The molecule has 0 aromatic heterocycles. The maximum absolute atomic E-state index is 10.9. The van der Waals surface area contributed by atoms with Crippen LogP contribution in [0.2, 0.25) is 5.02 Å². The molecule has 0 bridgehead atoms. The van der Waals surface area contributed by atoms with E-state index in [2.05, 4.69) is 10.5 Å². The summed E-state index contributed by atoms with van der Waals surface area (Å²) in [4.78, 5) is 10.5. The topological polar surface area (TPSA) is 67.5 Å². The molecule has 0 fully saturated rings. The van der Waals surface area contributed by atoms with Gasteiger partial charge in [-0.05, 0) is 18.6 Å². The molecule has 0 saturated heterocycles. The molecule has 0 radical (unpaired) electrons. The van der Waals surface area contributed by atoms with Gasteiger partial charge in [-0.15, -0.1) is 0 Å². The number of halogens is 1.